The molecule has 10 nitrogen and oxygen atoms in total. The second kappa shape index (κ2) is 13.9. The summed E-state index contributed by atoms with van der Waals surface area (Å²) in [5.74, 6) is -0.955. The molecule has 1 fully saturated rings. The number of imide groups is 2. The van der Waals surface area contributed by atoms with Gasteiger partial charge in [0.1, 0.15) is 11.3 Å². The third-order valence-corrected chi connectivity index (χ3v) is 6.76. The number of amides is 5. The molecule has 4 rings (SSSR count). The molecule has 5 amide bonds. The maximum absolute atomic E-state index is 13.4. The summed E-state index contributed by atoms with van der Waals surface area (Å²) >= 11 is 6.39. The van der Waals surface area contributed by atoms with Crippen LogP contribution >= 0.6 is 11.6 Å². The van der Waals surface area contributed by atoms with Crippen molar-refractivity contribution in [2.75, 3.05) is 30.0 Å². The van der Waals surface area contributed by atoms with Gasteiger partial charge in [-0.3, -0.25) is 19.7 Å². The molecule has 0 unspecified atom stereocenters. The number of benzene rings is 3. The van der Waals surface area contributed by atoms with Gasteiger partial charge >= 0.3 is 6.03 Å². The number of nitrogens with zero attached hydrogens (tertiary/aromatic N) is 1. The molecule has 0 radical (unpaired) electrons. The molecule has 224 valence electrons. The zero-order chi connectivity index (χ0) is 31.1. The molecule has 1 saturated heterocycles. The van der Waals surface area contributed by atoms with Crippen LogP contribution in [0.1, 0.15) is 37.0 Å². The highest BCUT2D eigenvalue weighted by atomic mass is 35.5. The molecule has 0 aliphatic carbocycles. The number of urea groups is 1. The number of nitrogens with one attached hydrogen (secondary N) is 2. The van der Waals surface area contributed by atoms with Crippen LogP contribution < -0.4 is 29.7 Å². The zero-order valence-corrected chi connectivity index (χ0v) is 25.0. The molecule has 0 spiro atoms. The van der Waals surface area contributed by atoms with E-state index in [1.165, 1.54) is 30.3 Å². The molecule has 2 N–H and O–H groups in total. The van der Waals surface area contributed by atoms with Gasteiger partial charge in [-0.2, -0.15) is 0 Å². The van der Waals surface area contributed by atoms with Gasteiger partial charge in [0.15, 0.2) is 18.1 Å². The number of ether oxygens (including phenoxy) is 3. The molecule has 1 aliphatic heterocycles. The Bertz CT molecular complexity index is 1600. The Morgan fingerprint density at radius 1 is 0.907 bits per heavy atom. The molecular formula is C32H32ClN3O7. The Hall–Kier alpha value is -4.83. The largest absolute Gasteiger partial charge is 0.490 e. The van der Waals surface area contributed by atoms with Gasteiger partial charge in [0, 0.05) is 11.8 Å². The monoisotopic (exact) mass is 605 g/mol. The first-order chi connectivity index (χ1) is 20.6. The van der Waals surface area contributed by atoms with Crippen LogP contribution in [0, 0.1) is 13.8 Å². The van der Waals surface area contributed by atoms with E-state index in [1.54, 1.807) is 19.1 Å². The van der Waals surface area contributed by atoms with Gasteiger partial charge < -0.3 is 19.5 Å². The lowest BCUT2D eigenvalue weighted by atomic mass is 10.1. The molecule has 1 heterocycles. The number of carbonyl (C=O) groups is 4. The first-order valence-electron chi connectivity index (χ1n) is 13.7. The second-order valence-electron chi connectivity index (χ2n) is 9.70. The quantitative estimate of drug-likeness (QED) is 0.208. The molecule has 43 heavy (non-hydrogen) atoms. The molecule has 0 atom stereocenters. The van der Waals surface area contributed by atoms with E-state index in [4.69, 9.17) is 25.8 Å². The molecule has 0 saturated carbocycles. The fourth-order valence-corrected chi connectivity index (χ4v) is 4.42. The van der Waals surface area contributed by atoms with Gasteiger partial charge in [-0.1, -0.05) is 30.7 Å². The number of hydrogen-bond acceptors (Lipinski definition) is 7. The predicted octanol–water partition coefficient (Wildman–Crippen LogP) is 5.83. The van der Waals surface area contributed by atoms with Gasteiger partial charge in [0.25, 0.3) is 17.7 Å². The fraction of sp³-hybridized carbons (Fsp3) is 0.250. The number of halogens is 1. The maximum atomic E-state index is 13.4. The molecule has 11 heteroatoms. The van der Waals surface area contributed by atoms with E-state index < -0.39 is 17.8 Å². The van der Waals surface area contributed by atoms with Crippen LogP contribution in [0.25, 0.3) is 6.08 Å². The Kier molecular flexibility index (Phi) is 10.0. The number of barbiturate groups is 1. The standard InChI is InChI=1S/C32H32ClN3O7/c1-5-13-42-27-12-10-23(17-28(27)41-6-2)36-31(39)24(30(38)35-32(36)40)15-21-8-11-26(25(33)16-21)43-18-29(37)34-22-9-7-19(3)20(4)14-22/h7-12,14-17H,5-6,13,18H2,1-4H3,(H,34,37)(H,35,38,40)/b24-15+. The highest BCUT2D eigenvalue weighted by molar-refractivity contribution is 6.39. The van der Waals surface area contributed by atoms with E-state index in [1.807, 2.05) is 39.0 Å². The van der Waals surface area contributed by atoms with Crippen LogP contribution in [-0.4, -0.2) is 43.6 Å². The summed E-state index contributed by atoms with van der Waals surface area (Å²) in [6.07, 6.45) is 2.11. The average Bonchev–Trinajstić information content (AvgIpc) is 2.96. The van der Waals surface area contributed by atoms with Crippen molar-refractivity contribution in [2.24, 2.45) is 0 Å². The van der Waals surface area contributed by atoms with Gasteiger partial charge in [-0.15, -0.1) is 0 Å². The van der Waals surface area contributed by atoms with Crippen LogP contribution in [0.3, 0.4) is 0 Å². The van der Waals surface area contributed by atoms with Crippen LogP contribution in [-0.2, 0) is 14.4 Å². The molecular weight excluding hydrogens is 574 g/mol. The lowest BCUT2D eigenvalue weighted by Gasteiger charge is -2.27. The Labute approximate surface area is 254 Å². The normalized spacial score (nSPS) is 14.0. The van der Waals surface area contributed by atoms with Crippen molar-refractivity contribution in [3.63, 3.8) is 0 Å². The number of hydrogen-bond donors (Lipinski definition) is 2. The summed E-state index contributed by atoms with van der Waals surface area (Å²) < 4.78 is 16.9. The number of aryl methyl sites for hydroxylation is 2. The summed E-state index contributed by atoms with van der Waals surface area (Å²) in [5, 5.41) is 5.13. The lowest BCUT2D eigenvalue weighted by Crippen LogP contribution is -2.54. The predicted molar refractivity (Wildman–Crippen MR) is 164 cm³/mol. The number of rotatable bonds is 11. The van der Waals surface area contributed by atoms with E-state index in [0.717, 1.165) is 22.4 Å². The van der Waals surface area contributed by atoms with Gasteiger partial charge in [-0.05, 0) is 86.4 Å². The van der Waals surface area contributed by atoms with Gasteiger partial charge in [-0.25, -0.2) is 9.69 Å². The topological polar surface area (TPSA) is 123 Å². The summed E-state index contributed by atoms with van der Waals surface area (Å²) in [7, 11) is 0. The molecule has 3 aromatic carbocycles. The molecule has 0 aromatic heterocycles. The van der Waals surface area contributed by atoms with Gasteiger partial charge in [0.05, 0.1) is 23.9 Å². The number of carbonyl (C=O) groups excluding carboxylic acids is 4. The van der Waals surface area contributed by atoms with Crippen molar-refractivity contribution in [3.8, 4) is 17.2 Å². The minimum absolute atomic E-state index is 0.161. The van der Waals surface area contributed by atoms with Crippen molar-refractivity contribution in [1.29, 1.82) is 0 Å². The smallest absolute Gasteiger partial charge is 0.335 e. The van der Waals surface area contributed by atoms with Gasteiger partial charge in [0.2, 0.25) is 0 Å². The van der Waals surface area contributed by atoms with E-state index in [2.05, 4.69) is 10.6 Å². The van der Waals surface area contributed by atoms with E-state index in [0.29, 0.717) is 36.0 Å². The minimum atomic E-state index is -0.891. The summed E-state index contributed by atoms with van der Waals surface area (Å²) in [6.45, 7) is 8.24. The van der Waals surface area contributed by atoms with E-state index in [9.17, 15) is 19.2 Å². The van der Waals surface area contributed by atoms with Crippen molar-refractivity contribution in [1.82, 2.24) is 5.32 Å². The molecule has 0 bridgehead atoms. The van der Waals surface area contributed by atoms with Crippen molar-refractivity contribution >= 4 is 52.8 Å². The highest BCUT2D eigenvalue weighted by Gasteiger charge is 2.37. The highest BCUT2D eigenvalue weighted by Crippen LogP contribution is 2.34. The van der Waals surface area contributed by atoms with Crippen LogP contribution in [0.4, 0.5) is 16.2 Å². The lowest BCUT2D eigenvalue weighted by molar-refractivity contribution is -0.122. The third-order valence-electron chi connectivity index (χ3n) is 6.47. The number of anilines is 2. The SMILES string of the molecule is CCCOc1ccc(N2C(=O)NC(=O)/C(=C\c3ccc(OCC(=O)Nc4ccc(C)c(C)c4)c(Cl)c3)C2=O)cc1OCC. The van der Waals surface area contributed by atoms with Crippen molar-refractivity contribution in [3.05, 3.63) is 81.9 Å². The van der Waals surface area contributed by atoms with Crippen molar-refractivity contribution in [2.45, 2.75) is 34.1 Å². The van der Waals surface area contributed by atoms with Crippen LogP contribution in [0.15, 0.2) is 60.2 Å². The Morgan fingerprint density at radius 2 is 1.67 bits per heavy atom. The minimum Gasteiger partial charge on any atom is -0.490 e. The molecule has 1 aliphatic rings. The van der Waals surface area contributed by atoms with E-state index in [-0.39, 0.29) is 34.5 Å². The maximum Gasteiger partial charge on any atom is 0.335 e. The zero-order valence-electron chi connectivity index (χ0n) is 24.3. The Balaban J connectivity index is 1.49. The first-order valence-corrected chi connectivity index (χ1v) is 14.1. The average molecular weight is 606 g/mol. The summed E-state index contributed by atoms with van der Waals surface area (Å²) in [4.78, 5) is 52.0. The van der Waals surface area contributed by atoms with E-state index >= 15 is 0 Å². The Morgan fingerprint density at radius 3 is 2.37 bits per heavy atom. The van der Waals surface area contributed by atoms with Crippen LogP contribution in [0.5, 0.6) is 17.2 Å². The fourth-order valence-electron chi connectivity index (χ4n) is 4.18. The summed E-state index contributed by atoms with van der Waals surface area (Å²) in [5.41, 5.74) is 3.15. The first kappa shape index (κ1) is 31.1. The second-order valence-corrected chi connectivity index (χ2v) is 10.1. The van der Waals surface area contributed by atoms with Crippen LogP contribution in [0.2, 0.25) is 5.02 Å². The molecule has 3 aromatic rings. The van der Waals surface area contributed by atoms with Crippen molar-refractivity contribution < 1.29 is 33.4 Å². The summed E-state index contributed by atoms with van der Waals surface area (Å²) in [6, 6.07) is 13.9. The third kappa shape index (κ3) is 7.52.